The van der Waals surface area contributed by atoms with E-state index in [2.05, 4.69) is 10.6 Å². The van der Waals surface area contributed by atoms with Crippen molar-refractivity contribution in [1.82, 2.24) is 0 Å². The van der Waals surface area contributed by atoms with Crippen molar-refractivity contribution in [3.63, 3.8) is 0 Å². The number of nitrogens with zero attached hydrogens (tertiary/aromatic N) is 1. The minimum Gasteiger partial charge on any atom is -0.359 e. The van der Waals surface area contributed by atoms with E-state index in [1.165, 1.54) is 36.4 Å². The molecule has 1 aliphatic rings. The molecule has 0 aliphatic carbocycles. The van der Waals surface area contributed by atoms with Crippen LogP contribution in [0.4, 0.5) is 21.5 Å². The van der Waals surface area contributed by atoms with Crippen molar-refractivity contribution >= 4 is 62.1 Å². The maximum Gasteiger partial charge on any atom is 0.258 e. The van der Waals surface area contributed by atoms with Gasteiger partial charge in [-0.15, -0.1) is 0 Å². The first-order valence-electron chi connectivity index (χ1n) is 10.2. The van der Waals surface area contributed by atoms with Gasteiger partial charge in [-0.05, 0) is 54.6 Å². The van der Waals surface area contributed by atoms with Crippen LogP contribution in [0.2, 0.25) is 10.0 Å². The number of carbonyl (C=O) groups excluding carboxylic acids is 2. The van der Waals surface area contributed by atoms with E-state index in [9.17, 15) is 22.4 Å². The molecule has 1 heterocycles. The van der Waals surface area contributed by atoms with Gasteiger partial charge < -0.3 is 15.4 Å². The van der Waals surface area contributed by atoms with E-state index in [0.717, 1.165) is 10.4 Å². The smallest absolute Gasteiger partial charge is 0.258 e. The van der Waals surface area contributed by atoms with Crippen LogP contribution in [0.1, 0.15) is 20.7 Å². The highest BCUT2D eigenvalue weighted by Gasteiger charge is 2.27. The molecule has 4 rings (SSSR count). The normalized spacial score (nSPS) is 14.9. The van der Waals surface area contributed by atoms with Crippen LogP contribution in [0.5, 0.6) is 0 Å². The number of amides is 2. The Bertz CT molecular complexity index is 1420. The number of anilines is 3. The molecule has 0 radical (unpaired) electrons. The summed E-state index contributed by atoms with van der Waals surface area (Å²) in [6, 6.07) is 14.2. The number of rotatable bonds is 5. The van der Waals surface area contributed by atoms with Crippen LogP contribution in [0.3, 0.4) is 0 Å². The van der Waals surface area contributed by atoms with Gasteiger partial charge in [-0.3, -0.25) is 9.59 Å². The second-order valence-electron chi connectivity index (χ2n) is 7.48. The van der Waals surface area contributed by atoms with Gasteiger partial charge >= 0.3 is 0 Å². The summed E-state index contributed by atoms with van der Waals surface area (Å²) in [6.07, 6.45) is 0. The highest BCUT2D eigenvalue weighted by Crippen LogP contribution is 2.28. The molecule has 1 aliphatic heterocycles. The summed E-state index contributed by atoms with van der Waals surface area (Å²) in [5.74, 6) is -2.37. The van der Waals surface area contributed by atoms with Crippen molar-refractivity contribution < 1.29 is 27.1 Å². The zero-order chi connectivity index (χ0) is 25.2. The van der Waals surface area contributed by atoms with Gasteiger partial charge in [0.2, 0.25) is 10.0 Å². The average molecular weight is 538 g/mol. The number of nitrogens with one attached hydrogen (secondary N) is 2. The fraction of sp³-hybridized carbons (Fsp3) is 0.130. The van der Waals surface area contributed by atoms with Crippen molar-refractivity contribution in [2.24, 2.45) is 0 Å². The minimum absolute atomic E-state index is 0.0521. The molecular formula is C23H18Cl2FN3O5S. The van der Waals surface area contributed by atoms with Gasteiger partial charge in [0.1, 0.15) is 12.5 Å². The Morgan fingerprint density at radius 2 is 1.77 bits per heavy atom. The summed E-state index contributed by atoms with van der Waals surface area (Å²) in [5, 5.41) is 5.79. The van der Waals surface area contributed by atoms with Crippen LogP contribution in [0.25, 0.3) is 0 Å². The van der Waals surface area contributed by atoms with E-state index in [1.807, 2.05) is 0 Å². The van der Waals surface area contributed by atoms with Gasteiger partial charge in [0.15, 0.2) is 0 Å². The second kappa shape index (κ2) is 10.2. The van der Waals surface area contributed by atoms with Gasteiger partial charge in [0, 0.05) is 16.3 Å². The third-order valence-corrected chi connectivity index (χ3v) is 7.31. The van der Waals surface area contributed by atoms with Crippen LogP contribution >= 0.6 is 23.2 Å². The van der Waals surface area contributed by atoms with Crippen molar-refractivity contribution in [3.8, 4) is 0 Å². The van der Waals surface area contributed by atoms with E-state index in [4.69, 9.17) is 27.9 Å². The van der Waals surface area contributed by atoms with Crippen LogP contribution in [-0.2, 0) is 14.8 Å². The number of hydrogen-bond acceptors (Lipinski definition) is 5. The first-order valence-corrected chi connectivity index (χ1v) is 12.6. The molecule has 0 bridgehead atoms. The molecule has 1 fully saturated rings. The van der Waals surface area contributed by atoms with E-state index in [-0.39, 0.29) is 46.7 Å². The Hall–Kier alpha value is -3.18. The SMILES string of the molecule is O=C(Nc1cc(NC(=O)c2ccc(N3COCCS3(=O)=O)cc2F)ccc1Cl)c1cccc(Cl)c1. The Kier molecular flexibility index (Phi) is 7.27. The lowest BCUT2D eigenvalue weighted by atomic mass is 10.1. The number of sulfonamides is 1. The number of carbonyl (C=O) groups is 2. The summed E-state index contributed by atoms with van der Waals surface area (Å²) in [6.45, 7) is -0.174. The summed E-state index contributed by atoms with van der Waals surface area (Å²) < 4.78 is 45.2. The molecular weight excluding hydrogens is 520 g/mol. The van der Waals surface area contributed by atoms with E-state index < -0.39 is 27.7 Å². The van der Waals surface area contributed by atoms with Crippen LogP contribution in [0, 0.1) is 5.82 Å². The Morgan fingerprint density at radius 1 is 0.971 bits per heavy atom. The van der Waals surface area contributed by atoms with Crippen molar-refractivity contribution in [2.45, 2.75) is 0 Å². The highest BCUT2D eigenvalue weighted by atomic mass is 35.5. The van der Waals surface area contributed by atoms with E-state index in [0.29, 0.717) is 10.6 Å². The molecule has 35 heavy (non-hydrogen) atoms. The second-order valence-corrected chi connectivity index (χ2v) is 10.3. The monoisotopic (exact) mass is 537 g/mol. The van der Waals surface area contributed by atoms with E-state index >= 15 is 0 Å². The van der Waals surface area contributed by atoms with Crippen LogP contribution < -0.4 is 14.9 Å². The summed E-state index contributed by atoms with van der Waals surface area (Å²) in [7, 11) is -3.63. The maximum atomic E-state index is 14.7. The Balaban J connectivity index is 1.50. The van der Waals surface area contributed by atoms with Gasteiger partial charge in [-0.1, -0.05) is 29.3 Å². The van der Waals surface area contributed by atoms with Crippen LogP contribution in [-0.4, -0.2) is 39.3 Å². The summed E-state index contributed by atoms with van der Waals surface area (Å²) >= 11 is 12.1. The summed E-state index contributed by atoms with van der Waals surface area (Å²) in [5.41, 5.74) is 0.530. The fourth-order valence-corrected chi connectivity index (χ4v) is 4.88. The van der Waals surface area contributed by atoms with Crippen LogP contribution in [0.15, 0.2) is 60.7 Å². The van der Waals surface area contributed by atoms with Gasteiger partial charge in [-0.25, -0.2) is 17.1 Å². The van der Waals surface area contributed by atoms with Crippen molar-refractivity contribution in [2.75, 3.05) is 34.0 Å². The fourth-order valence-electron chi connectivity index (χ4n) is 3.30. The molecule has 0 atom stereocenters. The van der Waals surface area contributed by atoms with Crippen molar-refractivity contribution in [3.05, 3.63) is 87.7 Å². The quantitative estimate of drug-likeness (QED) is 0.488. The first-order chi connectivity index (χ1) is 16.6. The summed E-state index contributed by atoms with van der Waals surface area (Å²) in [4.78, 5) is 25.2. The third kappa shape index (κ3) is 5.73. The molecule has 3 aromatic carbocycles. The molecule has 0 aromatic heterocycles. The zero-order valence-corrected chi connectivity index (χ0v) is 20.3. The number of halogens is 3. The third-order valence-electron chi connectivity index (χ3n) is 5.07. The maximum absolute atomic E-state index is 14.7. The van der Waals surface area contributed by atoms with E-state index in [1.54, 1.807) is 18.2 Å². The lowest BCUT2D eigenvalue weighted by Crippen LogP contribution is -2.41. The number of ether oxygens (including phenoxy) is 1. The number of hydrogen-bond donors (Lipinski definition) is 2. The Labute approximate surface area is 210 Å². The largest absolute Gasteiger partial charge is 0.359 e. The molecule has 0 spiro atoms. The highest BCUT2D eigenvalue weighted by molar-refractivity contribution is 7.92. The molecule has 0 unspecified atom stereocenters. The molecule has 12 heteroatoms. The molecule has 3 aromatic rings. The molecule has 182 valence electrons. The predicted molar refractivity (Wildman–Crippen MR) is 132 cm³/mol. The first kappa shape index (κ1) is 24.9. The zero-order valence-electron chi connectivity index (χ0n) is 17.9. The van der Waals surface area contributed by atoms with Crippen molar-refractivity contribution in [1.29, 1.82) is 0 Å². The predicted octanol–water partition coefficient (Wildman–Crippen LogP) is 4.76. The topological polar surface area (TPSA) is 105 Å². The van der Waals surface area contributed by atoms with Gasteiger partial charge in [-0.2, -0.15) is 0 Å². The van der Waals surface area contributed by atoms with Gasteiger partial charge in [0.05, 0.1) is 34.3 Å². The minimum atomic E-state index is -3.63. The molecule has 2 amide bonds. The molecule has 1 saturated heterocycles. The molecule has 8 nitrogen and oxygen atoms in total. The lowest BCUT2D eigenvalue weighted by Gasteiger charge is -2.28. The molecule has 0 saturated carbocycles. The number of benzene rings is 3. The van der Waals surface area contributed by atoms with Gasteiger partial charge in [0.25, 0.3) is 11.8 Å². The average Bonchev–Trinajstić information content (AvgIpc) is 2.80. The lowest BCUT2D eigenvalue weighted by molar-refractivity contribution is 0.101. The molecule has 2 N–H and O–H groups in total. The standard InChI is InChI=1S/C23H18Cl2FN3O5S/c24-15-3-1-2-14(10-15)22(30)28-21-11-16(4-7-19(21)25)27-23(31)18-6-5-17(12-20(18)26)29-13-34-8-9-35(29,32)33/h1-7,10-12H,8-9,13H2,(H,27,31)(H,28,30). The Morgan fingerprint density at radius 3 is 2.49 bits per heavy atom.